The predicted octanol–water partition coefficient (Wildman–Crippen LogP) is 3.81. The molecular weight excluding hydrogens is 236 g/mol. The third-order valence-electron chi connectivity index (χ3n) is 4.06. The van der Waals surface area contributed by atoms with E-state index in [1.807, 2.05) is 18.2 Å². The number of methoxy groups -OCH3 is 1. The summed E-state index contributed by atoms with van der Waals surface area (Å²) >= 11 is 0. The molecule has 1 saturated carbocycles. The van der Waals surface area contributed by atoms with Crippen molar-refractivity contribution in [3.05, 3.63) is 23.8 Å². The van der Waals surface area contributed by atoms with Crippen LogP contribution in [0.15, 0.2) is 18.2 Å². The van der Waals surface area contributed by atoms with E-state index in [2.05, 4.69) is 18.3 Å². The summed E-state index contributed by atoms with van der Waals surface area (Å²) in [5, 5.41) is 12.5. The van der Waals surface area contributed by atoms with E-state index in [1.165, 1.54) is 25.7 Å². The molecule has 102 valence electrons. The summed E-state index contributed by atoms with van der Waals surface area (Å²) in [6.07, 6.45) is 5.24. The van der Waals surface area contributed by atoms with E-state index in [-0.39, 0.29) is 0 Å². The number of benzene rings is 1. The van der Waals surface area contributed by atoms with Crippen LogP contribution in [-0.2, 0) is 0 Å². The molecule has 0 aliphatic heterocycles. The molecule has 0 bridgehead atoms. The van der Waals surface area contributed by atoms with E-state index in [9.17, 15) is 0 Å². The molecule has 0 saturated heterocycles. The average Bonchev–Trinajstić information content (AvgIpc) is 2.46. The summed E-state index contributed by atoms with van der Waals surface area (Å²) in [4.78, 5) is 0. The molecule has 3 heteroatoms. The van der Waals surface area contributed by atoms with Gasteiger partial charge in [-0.3, -0.25) is 0 Å². The first-order chi connectivity index (χ1) is 9.22. The second-order valence-corrected chi connectivity index (χ2v) is 5.53. The van der Waals surface area contributed by atoms with Gasteiger partial charge in [0.15, 0.2) is 0 Å². The van der Waals surface area contributed by atoms with Crippen molar-refractivity contribution < 1.29 is 4.74 Å². The van der Waals surface area contributed by atoms with E-state index in [0.29, 0.717) is 5.56 Å². The van der Waals surface area contributed by atoms with E-state index < -0.39 is 0 Å². The normalized spacial score (nSPS) is 22.6. The Morgan fingerprint density at radius 3 is 2.68 bits per heavy atom. The molecule has 0 radical (unpaired) electrons. The summed E-state index contributed by atoms with van der Waals surface area (Å²) in [5.74, 6) is 2.40. The fourth-order valence-electron chi connectivity index (χ4n) is 2.68. The molecule has 0 atom stereocenters. The van der Waals surface area contributed by atoms with Crippen LogP contribution in [0.25, 0.3) is 0 Å². The van der Waals surface area contributed by atoms with E-state index in [0.717, 1.165) is 29.8 Å². The molecule has 1 aromatic carbocycles. The van der Waals surface area contributed by atoms with Gasteiger partial charge < -0.3 is 10.1 Å². The third kappa shape index (κ3) is 3.64. The zero-order valence-electron chi connectivity index (χ0n) is 11.8. The Bertz CT molecular complexity index is 456. The molecule has 0 amide bonds. The number of anilines is 1. The fourth-order valence-corrected chi connectivity index (χ4v) is 2.68. The quantitative estimate of drug-likeness (QED) is 0.893. The number of hydrogen-bond donors (Lipinski definition) is 1. The second-order valence-electron chi connectivity index (χ2n) is 5.53. The summed E-state index contributed by atoms with van der Waals surface area (Å²) in [7, 11) is 1.65. The predicted molar refractivity (Wildman–Crippen MR) is 77.3 cm³/mol. The Kier molecular flexibility index (Phi) is 4.68. The van der Waals surface area contributed by atoms with Crippen LogP contribution in [0, 0.1) is 23.2 Å². The smallest absolute Gasteiger partial charge is 0.121 e. The number of hydrogen-bond acceptors (Lipinski definition) is 3. The number of nitrogens with zero attached hydrogens (tertiary/aromatic N) is 1. The minimum atomic E-state index is 0.685. The lowest BCUT2D eigenvalue weighted by molar-refractivity contribution is 0.300. The van der Waals surface area contributed by atoms with Gasteiger partial charge in [0.1, 0.15) is 11.8 Å². The van der Waals surface area contributed by atoms with Crippen molar-refractivity contribution in [1.29, 1.82) is 5.26 Å². The first-order valence-corrected chi connectivity index (χ1v) is 7.05. The van der Waals surface area contributed by atoms with Crippen molar-refractivity contribution >= 4 is 5.69 Å². The zero-order valence-corrected chi connectivity index (χ0v) is 11.8. The van der Waals surface area contributed by atoms with Crippen LogP contribution in [0.4, 0.5) is 5.69 Å². The van der Waals surface area contributed by atoms with Gasteiger partial charge in [-0.15, -0.1) is 0 Å². The maximum absolute atomic E-state index is 9.12. The van der Waals surface area contributed by atoms with E-state index >= 15 is 0 Å². The van der Waals surface area contributed by atoms with Crippen molar-refractivity contribution in [2.24, 2.45) is 11.8 Å². The van der Waals surface area contributed by atoms with E-state index in [4.69, 9.17) is 10.00 Å². The highest BCUT2D eigenvalue weighted by Crippen LogP contribution is 2.29. The molecule has 0 aromatic heterocycles. The van der Waals surface area contributed by atoms with Crippen LogP contribution in [-0.4, -0.2) is 13.7 Å². The molecule has 1 aliphatic carbocycles. The molecule has 3 nitrogen and oxygen atoms in total. The van der Waals surface area contributed by atoms with Gasteiger partial charge in [0, 0.05) is 12.6 Å². The van der Waals surface area contributed by atoms with Crippen molar-refractivity contribution in [3.8, 4) is 11.8 Å². The molecule has 0 unspecified atom stereocenters. The first-order valence-electron chi connectivity index (χ1n) is 7.05. The number of ether oxygens (including phenoxy) is 1. The largest absolute Gasteiger partial charge is 0.497 e. The lowest BCUT2D eigenvalue weighted by atomic mass is 9.83. The lowest BCUT2D eigenvalue weighted by Crippen LogP contribution is -2.20. The maximum Gasteiger partial charge on any atom is 0.121 e. The van der Waals surface area contributed by atoms with Crippen LogP contribution >= 0.6 is 0 Å². The monoisotopic (exact) mass is 258 g/mol. The van der Waals surface area contributed by atoms with Gasteiger partial charge in [0.25, 0.3) is 0 Å². The zero-order chi connectivity index (χ0) is 13.7. The summed E-state index contributed by atoms with van der Waals surface area (Å²) in [6.45, 7) is 3.29. The van der Waals surface area contributed by atoms with Crippen LogP contribution in [0.3, 0.4) is 0 Å². The van der Waals surface area contributed by atoms with Crippen LogP contribution in [0.1, 0.15) is 38.2 Å². The summed E-state index contributed by atoms with van der Waals surface area (Å²) < 4.78 is 5.21. The average molecular weight is 258 g/mol. The maximum atomic E-state index is 9.12. The minimum absolute atomic E-state index is 0.685. The Hall–Kier alpha value is -1.69. The van der Waals surface area contributed by atoms with Gasteiger partial charge in [0.2, 0.25) is 0 Å². The molecular formula is C16H22N2O. The van der Waals surface area contributed by atoms with Crippen molar-refractivity contribution in [1.82, 2.24) is 0 Å². The van der Waals surface area contributed by atoms with Gasteiger partial charge in [-0.25, -0.2) is 0 Å². The van der Waals surface area contributed by atoms with Gasteiger partial charge in [-0.1, -0.05) is 19.8 Å². The second kappa shape index (κ2) is 6.47. The van der Waals surface area contributed by atoms with Gasteiger partial charge in [-0.05, 0) is 36.8 Å². The topological polar surface area (TPSA) is 45.0 Å². The minimum Gasteiger partial charge on any atom is -0.497 e. The van der Waals surface area contributed by atoms with Crippen molar-refractivity contribution in [2.45, 2.75) is 32.6 Å². The molecule has 1 aliphatic rings. The molecule has 1 fully saturated rings. The van der Waals surface area contributed by atoms with E-state index in [1.54, 1.807) is 7.11 Å². The number of nitriles is 1. The Labute approximate surface area is 115 Å². The molecule has 19 heavy (non-hydrogen) atoms. The molecule has 1 aromatic rings. The highest BCUT2D eigenvalue weighted by Gasteiger charge is 2.18. The Balaban J connectivity index is 1.96. The number of rotatable bonds is 4. The number of nitrogens with one attached hydrogen (secondary N) is 1. The first kappa shape index (κ1) is 13.7. The molecule has 1 N–H and O–H groups in total. The van der Waals surface area contributed by atoms with Crippen LogP contribution in [0.5, 0.6) is 5.75 Å². The highest BCUT2D eigenvalue weighted by atomic mass is 16.5. The molecule has 0 spiro atoms. The Morgan fingerprint density at radius 1 is 1.32 bits per heavy atom. The molecule has 0 heterocycles. The summed E-state index contributed by atoms with van der Waals surface area (Å²) in [5.41, 5.74) is 1.57. The third-order valence-corrected chi connectivity index (χ3v) is 4.06. The Morgan fingerprint density at radius 2 is 2.05 bits per heavy atom. The van der Waals surface area contributed by atoms with Crippen molar-refractivity contribution in [2.75, 3.05) is 19.0 Å². The van der Waals surface area contributed by atoms with Gasteiger partial charge >= 0.3 is 0 Å². The fraction of sp³-hybridized carbons (Fsp3) is 0.562. The van der Waals surface area contributed by atoms with Crippen LogP contribution in [0.2, 0.25) is 0 Å². The standard InChI is InChI=1S/C16H22N2O/c1-12-3-5-13(6-4-12)11-18-16-9-15(19-2)8-7-14(16)10-17/h7-9,12-13,18H,3-6,11H2,1-2H3. The summed E-state index contributed by atoms with van der Waals surface area (Å²) in [6, 6.07) is 7.77. The van der Waals surface area contributed by atoms with Crippen molar-refractivity contribution in [3.63, 3.8) is 0 Å². The van der Waals surface area contributed by atoms with Gasteiger partial charge in [-0.2, -0.15) is 5.26 Å². The highest BCUT2D eigenvalue weighted by molar-refractivity contribution is 5.60. The van der Waals surface area contributed by atoms with Gasteiger partial charge in [0.05, 0.1) is 18.4 Å². The lowest BCUT2D eigenvalue weighted by Gasteiger charge is -2.26. The molecule has 2 rings (SSSR count). The SMILES string of the molecule is COc1ccc(C#N)c(NCC2CCC(C)CC2)c1. The van der Waals surface area contributed by atoms with Crippen LogP contribution < -0.4 is 10.1 Å².